The van der Waals surface area contributed by atoms with Crippen molar-refractivity contribution in [3.8, 4) is 0 Å². The van der Waals surface area contributed by atoms with Crippen molar-refractivity contribution in [1.29, 1.82) is 0 Å². The van der Waals surface area contributed by atoms with Gasteiger partial charge in [0.15, 0.2) is 0 Å². The molecule has 0 aliphatic heterocycles. The highest BCUT2D eigenvalue weighted by Gasteiger charge is 2.14. The highest BCUT2D eigenvalue weighted by Crippen LogP contribution is 2.23. The van der Waals surface area contributed by atoms with Gasteiger partial charge in [0.05, 0.1) is 6.10 Å². The van der Waals surface area contributed by atoms with E-state index in [1.165, 1.54) is 38.5 Å². The van der Waals surface area contributed by atoms with E-state index in [-0.39, 0.29) is 0 Å². The van der Waals surface area contributed by atoms with Gasteiger partial charge in [-0.05, 0) is 38.6 Å². The molecule has 1 atom stereocenters. The summed E-state index contributed by atoms with van der Waals surface area (Å²) < 4.78 is 5.87. The van der Waals surface area contributed by atoms with Crippen LogP contribution in [0, 0.1) is 5.92 Å². The molecule has 0 amide bonds. The third-order valence-electron chi connectivity index (χ3n) is 3.20. The standard InChI is InChI=1S/C13H27NO/c1-3-9-14-10-12(2)15-11-13-7-5-4-6-8-13/h12-14H,3-11H2,1-2H3. The van der Waals surface area contributed by atoms with Gasteiger partial charge in [0.25, 0.3) is 0 Å². The van der Waals surface area contributed by atoms with Gasteiger partial charge in [-0.2, -0.15) is 0 Å². The predicted octanol–water partition coefficient (Wildman–Crippen LogP) is 2.97. The second-order valence-corrected chi connectivity index (χ2v) is 4.85. The summed E-state index contributed by atoms with van der Waals surface area (Å²) >= 11 is 0. The predicted molar refractivity (Wildman–Crippen MR) is 65.1 cm³/mol. The largest absolute Gasteiger partial charge is 0.377 e. The Hall–Kier alpha value is -0.0800. The fraction of sp³-hybridized carbons (Fsp3) is 1.00. The molecular formula is C13H27NO. The molecular weight excluding hydrogens is 186 g/mol. The third kappa shape index (κ3) is 6.16. The Morgan fingerprint density at radius 2 is 2.00 bits per heavy atom. The average molecular weight is 213 g/mol. The SMILES string of the molecule is CCCNCC(C)OCC1CCCCC1. The molecule has 0 bridgehead atoms. The molecule has 2 nitrogen and oxygen atoms in total. The van der Waals surface area contributed by atoms with Crippen molar-refractivity contribution in [3.63, 3.8) is 0 Å². The first-order valence-corrected chi connectivity index (χ1v) is 6.65. The van der Waals surface area contributed by atoms with E-state index in [4.69, 9.17) is 4.74 Å². The first kappa shape index (κ1) is 13.0. The number of ether oxygens (including phenoxy) is 1. The van der Waals surface area contributed by atoms with Gasteiger partial charge in [-0.3, -0.25) is 0 Å². The molecule has 1 saturated carbocycles. The minimum atomic E-state index is 0.374. The molecule has 0 aromatic heterocycles. The van der Waals surface area contributed by atoms with Crippen LogP contribution in [0.25, 0.3) is 0 Å². The fourth-order valence-electron chi connectivity index (χ4n) is 2.20. The topological polar surface area (TPSA) is 21.3 Å². The molecule has 0 aromatic carbocycles. The Morgan fingerprint density at radius 3 is 2.67 bits per heavy atom. The third-order valence-corrected chi connectivity index (χ3v) is 3.20. The van der Waals surface area contributed by atoms with Crippen molar-refractivity contribution in [2.45, 2.75) is 58.5 Å². The van der Waals surface area contributed by atoms with Crippen molar-refractivity contribution in [1.82, 2.24) is 5.32 Å². The lowest BCUT2D eigenvalue weighted by Crippen LogP contribution is -2.29. The molecule has 90 valence electrons. The molecule has 1 unspecified atom stereocenters. The molecule has 1 aliphatic rings. The monoisotopic (exact) mass is 213 g/mol. The van der Waals surface area contributed by atoms with Crippen LogP contribution in [0.5, 0.6) is 0 Å². The van der Waals surface area contributed by atoms with Crippen LogP contribution < -0.4 is 5.32 Å². The minimum Gasteiger partial charge on any atom is -0.377 e. The van der Waals surface area contributed by atoms with Gasteiger partial charge in [-0.1, -0.05) is 26.2 Å². The van der Waals surface area contributed by atoms with Crippen molar-refractivity contribution in [2.24, 2.45) is 5.92 Å². The first-order valence-electron chi connectivity index (χ1n) is 6.65. The van der Waals surface area contributed by atoms with Crippen LogP contribution in [-0.4, -0.2) is 25.8 Å². The first-order chi connectivity index (χ1) is 7.33. The van der Waals surface area contributed by atoms with E-state index in [0.717, 1.165) is 25.6 Å². The van der Waals surface area contributed by atoms with E-state index in [1.54, 1.807) is 0 Å². The number of nitrogens with one attached hydrogen (secondary N) is 1. The Morgan fingerprint density at radius 1 is 1.27 bits per heavy atom. The number of hydrogen-bond acceptors (Lipinski definition) is 2. The lowest BCUT2D eigenvalue weighted by molar-refractivity contribution is 0.0316. The summed E-state index contributed by atoms with van der Waals surface area (Å²) in [5.41, 5.74) is 0. The van der Waals surface area contributed by atoms with Crippen LogP contribution in [0.15, 0.2) is 0 Å². The maximum atomic E-state index is 5.87. The maximum Gasteiger partial charge on any atom is 0.0671 e. The molecule has 0 aromatic rings. The van der Waals surface area contributed by atoms with Crippen LogP contribution in [0.1, 0.15) is 52.4 Å². The highest BCUT2D eigenvalue weighted by atomic mass is 16.5. The number of hydrogen-bond donors (Lipinski definition) is 1. The second kappa shape index (κ2) is 8.12. The maximum absolute atomic E-state index is 5.87. The van der Waals surface area contributed by atoms with E-state index < -0.39 is 0 Å². The van der Waals surface area contributed by atoms with Crippen LogP contribution >= 0.6 is 0 Å². The zero-order valence-corrected chi connectivity index (χ0v) is 10.4. The van der Waals surface area contributed by atoms with Gasteiger partial charge >= 0.3 is 0 Å². The Kier molecular flexibility index (Phi) is 7.03. The summed E-state index contributed by atoms with van der Waals surface area (Å²) in [5.74, 6) is 0.840. The summed E-state index contributed by atoms with van der Waals surface area (Å²) in [4.78, 5) is 0. The average Bonchev–Trinajstić information content (AvgIpc) is 2.28. The quantitative estimate of drug-likeness (QED) is 0.656. The molecule has 15 heavy (non-hydrogen) atoms. The van der Waals surface area contributed by atoms with Gasteiger partial charge in [0.2, 0.25) is 0 Å². The Bertz CT molecular complexity index is 143. The highest BCUT2D eigenvalue weighted by molar-refractivity contribution is 4.66. The van der Waals surface area contributed by atoms with Crippen molar-refractivity contribution in [2.75, 3.05) is 19.7 Å². The molecule has 0 heterocycles. The van der Waals surface area contributed by atoms with Crippen LogP contribution in [0.4, 0.5) is 0 Å². The lowest BCUT2D eigenvalue weighted by atomic mass is 9.90. The molecule has 1 fully saturated rings. The summed E-state index contributed by atoms with van der Waals surface area (Å²) in [6.07, 6.45) is 8.61. The Labute approximate surface area is 94.8 Å². The smallest absolute Gasteiger partial charge is 0.0671 e. The van der Waals surface area contributed by atoms with E-state index in [2.05, 4.69) is 19.2 Å². The number of rotatable bonds is 7. The molecule has 1 N–H and O–H groups in total. The minimum absolute atomic E-state index is 0.374. The van der Waals surface area contributed by atoms with Crippen LogP contribution in [0.2, 0.25) is 0 Å². The van der Waals surface area contributed by atoms with Crippen molar-refractivity contribution in [3.05, 3.63) is 0 Å². The summed E-state index contributed by atoms with van der Waals surface area (Å²) in [6, 6.07) is 0. The van der Waals surface area contributed by atoms with E-state index in [0.29, 0.717) is 6.10 Å². The zero-order valence-electron chi connectivity index (χ0n) is 10.4. The molecule has 2 heteroatoms. The molecule has 1 rings (SSSR count). The van der Waals surface area contributed by atoms with Gasteiger partial charge in [-0.15, -0.1) is 0 Å². The van der Waals surface area contributed by atoms with Crippen LogP contribution in [0.3, 0.4) is 0 Å². The van der Waals surface area contributed by atoms with Gasteiger partial charge in [0.1, 0.15) is 0 Å². The van der Waals surface area contributed by atoms with E-state index in [9.17, 15) is 0 Å². The van der Waals surface area contributed by atoms with Crippen LogP contribution in [-0.2, 0) is 4.74 Å². The van der Waals surface area contributed by atoms with Gasteiger partial charge < -0.3 is 10.1 Å². The van der Waals surface area contributed by atoms with E-state index in [1.807, 2.05) is 0 Å². The Balaban J connectivity index is 1.97. The van der Waals surface area contributed by atoms with Gasteiger partial charge in [-0.25, -0.2) is 0 Å². The van der Waals surface area contributed by atoms with E-state index >= 15 is 0 Å². The lowest BCUT2D eigenvalue weighted by Gasteiger charge is -2.23. The fourth-order valence-corrected chi connectivity index (χ4v) is 2.20. The summed E-state index contributed by atoms with van der Waals surface area (Å²) in [6.45, 7) is 7.46. The second-order valence-electron chi connectivity index (χ2n) is 4.85. The van der Waals surface area contributed by atoms with Crippen molar-refractivity contribution < 1.29 is 4.74 Å². The molecule has 1 aliphatic carbocycles. The molecule has 0 radical (unpaired) electrons. The molecule has 0 spiro atoms. The summed E-state index contributed by atoms with van der Waals surface area (Å²) in [7, 11) is 0. The zero-order chi connectivity index (χ0) is 10.9. The van der Waals surface area contributed by atoms with Crippen molar-refractivity contribution >= 4 is 0 Å². The normalized spacial score (nSPS) is 20.4. The molecule has 0 saturated heterocycles. The van der Waals surface area contributed by atoms with Gasteiger partial charge in [0, 0.05) is 13.2 Å². The summed E-state index contributed by atoms with van der Waals surface area (Å²) in [5, 5.41) is 3.40.